The number of methoxy groups -OCH3 is 1. The Kier molecular flexibility index (Phi) is 7.40. The molecule has 0 bridgehead atoms. The Balaban J connectivity index is 1.68. The summed E-state index contributed by atoms with van der Waals surface area (Å²) in [6.45, 7) is -0.110. The molecule has 0 amide bonds. The van der Waals surface area contributed by atoms with Crippen LogP contribution in [0.5, 0.6) is 0 Å². The molecule has 1 aliphatic rings. The molecular weight excluding hydrogens is 524 g/mol. The van der Waals surface area contributed by atoms with Crippen molar-refractivity contribution in [3.8, 4) is 11.1 Å². The van der Waals surface area contributed by atoms with Gasteiger partial charge in [-0.1, -0.05) is 60.7 Å². The molecule has 1 unspecified atom stereocenters. The maximum Gasteiger partial charge on any atom is 0.416 e. The van der Waals surface area contributed by atoms with Gasteiger partial charge in [-0.2, -0.15) is 13.2 Å². The average Bonchev–Trinajstić information content (AvgIpc) is 2.97. The summed E-state index contributed by atoms with van der Waals surface area (Å²) >= 11 is 0. The molecule has 0 radical (unpaired) electrons. The standard InChI is InChI=1S/C31H24F4N2O3/c1-40-28(39)17-27-25-9-4-10-26(32)29(25)36-30(37(27)24-8-3-7-23(16-24)31(33,34)35)21-13-11-20(12-14-21)22-6-2-5-19(15-22)18-38/h2-16,27,38H,17-18H2,1H3. The van der Waals surface area contributed by atoms with Crippen LogP contribution < -0.4 is 4.90 Å². The molecule has 1 atom stereocenters. The van der Waals surface area contributed by atoms with E-state index in [4.69, 9.17) is 4.74 Å². The summed E-state index contributed by atoms with van der Waals surface area (Å²) in [7, 11) is 1.21. The molecule has 40 heavy (non-hydrogen) atoms. The molecule has 0 saturated carbocycles. The molecule has 5 rings (SSSR count). The maximum absolute atomic E-state index is 15.0. The lowest BCUT2D eigenvalue weighted by Gasteiger charge is -2.38. The number of carbonyl (C=O) groups is 1. The molecule has 0 saturated heterocycles. The van der Waals surface area contributed by atoms with Gasteiger partial charge in [0.2, 0.25) is 0 Å². The van der Waals surface area contributed by atoms with Crippen molar-refractivity contribution in [1.29, 1.82) is 0 Å². The highest BCUT2D eigenvalue weighted by atomic mass is 19.4. The fraction of sp³-hybridized carbons (Fsp3) is 0.161. The third-order valence-electron chi connectivity index (χ3n) is 6.76. The van der Waals surface area contributed by atoms with E-state index in [-0.39, 0.29) is 30.2 Å². The molecular formula is C31H24F4N2O3. The Labute approximate surface area is 228 Å². The number of anilines is 1. The largest absolute Gasteiger partial charge is 0.469 e. The number of hydrogen-bond acceptors (Lipinski definition) is 5. The van der Waals surface area contributed by atoms with E-state index in [1.807, 2.05) is 30.3 Å². The number of nitrogens with zero attached hydrogens (tertiary/aromatic N) is 2. The summed E-state index contributed by atoms with van der Waals surface area (Å²) in [5, 5.41) is 9.48. The summed E-state index contributed by atoms with van der Waals surface area (Å²) in [4.78, 5) is 18.6. The normalized spacial score (nSPS) is 14.9. The number of fused-ring (bicyclic) bond motifs is 1. The number of amidine groups is 1. The maximum atomic E-state index is 15.0. The lowest BCUT2D eigenvalue weighted by molar-refractivity contribution is -0.141. The topological polar surface area (TPSA) is 62.1 Å². The minimum atomic E-state index is -4.60. The van der Waals surface area contributed by atoms with E-state index < -0.39 is 29.6 Å². The summed E-state index contributed by atoms with van der Waals surface area (Å²) < 4.78 is 61.0. The molecule has 5 nitrogen and oxygen atoms in total. The molecule has 0 fully saturated rings. The van der Waals surface area contributed by atoms with Crippen LogP contribution in [0.25, 0.3) is 11.1 Å². The molecule has 1 N–H and O–H groups in total. The number of benzene rings is 4. The van der Waals surface area contributed by atoms with Crippen molar-refractivity contribution in [3.63, 3.8) is 0 Å². The number of alkyl halides is 3. The fourth-order valence-electron chi connectivity index (χ4n) is 4.81. The van der Waals surface area contributed by atoms with Crippen LogP contribution >= 0.6 is 0 Å². The monoisotopic (exact) mass is 548 g/mol. The van der Waals surface area contributed by atoms with Crippen molar-refractivity contribution >= 4 is 23.2 Å². The lowest BCUT2D eigenvalue weighted by Crippen LogP contribution is -2.39. The zero-order valence-electron chi connectivity index (χ0n) is 21.3. The number of hydrogen-bond donors (Lipinski definition) is 1. The second kappa shape index (κ2) is 10.9. The number of aliphatic hydroxyl groups excluding tert-OH is 1. The third kappa shape index (κ3) is 5.33. The summed E-state index contributed by atoms with van der Waals surface area (Å²) in [5.74, 6) is -1.05. The van der Waals surface area contributed by atoms with Gasteiger partial charge in [-0.3, -0.25) is 4.79 Å². The van der Waals surface area contributed by atoms with Crippen molar-refractivity contribution < 1.29 is 32.2 Å². The second-order valence-corrected chi connectivity index (χ2v) is 9.26. The van der Waals surface area contributed by atoms with Gasteiger partial charge in [-0.25, -0.2) is 9.38 Å². The van der Waals surface area contributed by atoms with Crippen molar-refractivity contribution in [3.05, 3.63) is 119 Å². The average molecular weight is 549 g/mol. The first-order valence-electron chi connectivity index (χ1n) is 12.4. The number of aliphatic imine (C=N–C) groups is 1. The molecule has 1 heterocycles. The predicted octanol–water partition coefficient (Wildman–Crippen LogP) is 7.21. The first-order chi connectivity index (χ1) is 19.2. The number of carbonyl (C=O) groups excluding carboxylic acids is 1. The predicted molar refractivity (Wildman–Crippen MR) is 144 cm³/mol. The Hall–Kier alpha value is -4.50. The van der Waals surface area contributed by atoms with E-state index in [0.29, 0.717) is 11.1 Å². The van der Waals surface area contributed by atoms with E-state index in [9.17, 15) is 23.1 Å². The molecule has 0 aromatic heterocycles. The summed E-state index contributed by atoms with van der Waals surface area (Å²) in [6.07, 6.45) is -4.86. The molecule has 0 spiro atoms. The Bertz CT molecular complexity index is 1580. The van der Waals surface area contributed by atoms with Crippen molar-refractivity contribution in [1.82, 2.24) is 0 Å². The molecule has 4 aromatic carbocycles. The van der Waals surface area contributed by atoms with Crippen LogP contribution in [0.1, 0.15) is 34.7 Å². The SMILES string of the molecule is COC(=O)CC1c2cccc(F)c2N=C(c2ccc(-c3cccc(CO)c3)cc2)N1c1cccc(C(F)(F)F)c1. The molecule has 1 aliphatic heterocycles. The Morgan fingerprint density at radius 1 is 0.925 bits per heavy atom. The van der Waals surface area contributed by atoms with Crippen LogP contribution in [0.4, 0.5) is 28.9 Å². The second-order valence-electron chi connectivity index (χ2n) is 9.26. The fourth-order valence-corrected chi connectivity index (χ4v) is 4.81. The van der Waals surface area contributed by atoms with Gasteiger partial charge in [-0.05, 0) is 47.0 Å². The van der Waals surface area contributed by atoms with Gasteiger partial charge in [0.1, 0.15) is 17.3 Å². The molecule has 4 aromatic rings. The quantitative estimate of drug-likeness (QED) is 0.204. The van der Waals surface area contributed by atoms with E-state index in [0.717, 1.165) is 28.8 Å². The van der Waals surface area contributed by atoms with Crippen LogP contribution in [0.15, 0.2) is 96.0 Å². The Morgan fingerprint density at radius 3 is 2.33 bits per heavy atom. The van der Waals surface area contributed by atoms with Gasteiger partial charge in [0, 0.05) is 16.8 Å². The van der Waals surface area contributed by atoms with Crippen molar-refractivity contribution in [2.45, 2.75) is 25.2 Å². The van der Waals surface area contributed by atoms with Crippen LogP contribution in [-0.4, -0.2) is 24.0 Å². The highest BCUT2D eigenvalue weighted by Crippen LogP contribution is 2.43. The van der Waals surface area contributed by atoms with Crippen LogP contribution in [0.2, 0.25) is 0 Å². The zero-order chi connectivity index (χ0) is 28.4. The van der Waals surface area contributed by atoms with Crippen molar-refractivity contribution in [2.24, 2.45) is 4.99 Å². The van der Waals surface area contributed by atoms with E-state index in [1.54, 1.807) is 24.3 Å². The van der Waals surface area contributed by atoms with Crippen LogP contribution in [0.3, 0.4) is 0 Å². The molecule has 9 heteroatoms. The highest BCUT2D eigenvalue weighted by Gasteiger charge is 2.37. The minimum absolute atomic E-state index is 0.00866. The smallest absolute Gasteiger partial charge is 0.416 e. The van der Waals surface area contributed by atoms with Gasteiger partial charge < -0.3 is 14.7 Å². The first kappa shape index (κ1) is 27.1. The van der Waals surface area contributed by atoms with Gasteiger partial charge in [0.25, 0.3) is 0 Å². The van der Waals surface area contributed by atoms with E-state index >= 15 is 4.39 Å². The Morgan fingerprint density at radius 2 is 1.62 bits per heavy atom. The van der Waals surface area contributed by atoms with Crippen LogP contribution in [-0.2, 0) is 22.3 Å². The van der Waals surface area contributed by atoms with E-state index in [1.165, 1.54) is 36.3 Å². The summed E-state index contributed by atoms with van der Waals surface area (Å²) in [5.41, 5.74) is 2.56. The van der Waals surface area contributed by atoms with Gasteiger partial charge in [0.15, 0.2) is 0 Å². The molecule has 0 aliphatic carbocycles. The molecule has 204 valence electrons. The number of aliphatic hydroxyl groups is 1. The summed E-state index contributed by atoms with van der Waals surface area (Å²) in [6, 6.07) is 22.6. The van der Waals surface area contributed by atoms with Crippen molar-refractivity contribution in [2.75, 3.05) is 12.0 Å². The number of para-hydroxylation sites is 1. The number of halogens is 4. The van der Waals surface area contributed by atoms with Gasteiger partial charge >= 0.3 is 12.1 Å². The zero-order valence-corrected chi connectivity index (χ0v) is 21.3. The highest BCUT2D eigenvalue weighted by molar-refractivity contribution is 6.13. The number of esters is 1. The van der Waals surface area contributed by atoms with Gasteiger partial charge in [0.05, 0.1) is 31.7 Å². The first-order valence-corrected chi connectivity index (χ1v) is 12.4. The van der Waals surface area contributed by atoms with Crippen LogP contribution in [0, 0.1) is 5.82 Å². The third-order valence-corrected chi connectivity index (χ3v) is 6.76. The number of rotatable bonds is 6. The lowest BCUT2D eigenvalue weighted by atomic mass is 9.94. The van der Waals surface area contributed by atoms with Gasteiger partial charge in [-0.15, -0.1) is 0 Å². The van der Waals surface area contributed by atoms with E-state index in [2.05, 4.69) is 4.99 Å². The minimum Gasteiger partial charge on any atom is -0.469 e. The number of ether oxygens (including phenoxy) is 1.